The van der Waals surface area contributed by atoms with Crippen LogP contribution < -0.4 is 16.0 Å². The van der Waals surface area contributed by atoms with E-state index in [9.17, 15) is 9.59 Å². The summed E-state index contributed by atoms with van der Waals surface area (Å²) in [5, 5.41) is 8.73. The van der Waals surface area contributed by atoms with Crippen molar-refractivity contribution in [2.24, 2.45) is 0 Å². The van der Waals surface area contributed by atoms with Crippen molar-refractivity contribution in [3.63, 3.8) is 0 Å². The Hall–Kier alpha value is -1.34. The Kier molecular flexibility index (Phi) is 11.4. The first-order valence-electron chi connectivity index (χ1n) is 7.09. The molecule has 1 aromatic rings. The highest BCUT2D eigenvalue weighted by atomic mass is 35.5. The quantitative estimate of drug-likeness (QED) is 0.586. The maximum absolute atomic E-state index is 11.9. The van der Waals surface area contributed by atoms with Gasteiger partial charge in [0.1, 0.15) is 0 Å². The highest BCUT2D eigenvalue weighted by Crippen LogP contribution is 2.21. The summed E-state index contributed by atoms with van der Waals surface area (Å²) in [6.45, 7) is 1.63. The molecule has 0 fully saturated rings. The van der Waals surface area contributed by atoms with Crippen molar-refractivity contribution in [2.45, 2.75) is 12.8 Å². The van der Waals surface area contributed by atoms with E-state index in [2.05, 4.69) is 16.0 Å². The van der Waals surface area contributed by atoms with Crippen LogP contribution in [0.1, 0.15) is 23.2 Å². The predicted molar refractivity (Wildman–Crippen MR) is 94.7 cm³/mol. The number of benzene rings is 1. The molecule has 23 heavy (non-hydrogen) atoms. The first kappa shape index (κ1) is 21.7. The number of carbonyl (C=O) groups is 2. The number of anilines is 1. The molecule has 6 nitrogen and oxygen atoms in total. The third-order valence-electron chi connectivity index (χ3n) is 2.92. The summed E-state index contributed by atoms with van der Waals surface area (Å²) in [6, 6.07) is 4.82. The van der Waals surface area contributed by atoms with Gasteiger partial charge >= 0.3 is 0 Å². The second kappa shape index (κ2) is 12.1. The van der Waals surface area contributed by atoms with Gasteiger partial charge in [-0.2, -0.15) is 0 Å². The standard InChI is InChI=1S/C15H22ClN3O3.ClH/c1-17-7-3-4-14(20)19-11-5-6-12(13(16)10-11)15(21)18-8-9-22-2;/h5-6,10,17H,3-4,7-9H2,1-2H3,(H,18,21)(H,19,20);1H. The van der Waals surface area contributed by atoms with E-state index in [1.165, 1.54) is 0 Å². The second-order valence-electron chi connectivity index (χ2n) is 4.70. The third kappa shape index (κ3) is 8.18. The lowest BCUT2D eigenvalue weighted by atomic mass is 10.2. The normalized spacial score (nSPS) is 9.87. The third-order valence-corrected chi connectivity index (χ3v) is 3.23. The lowest BCUT2D eigenvalue weighted by Gasteiger charge is -2.09. The van der Waals surface area contributed by atoms with Gasteiger partial charge in [-0.15, -0.1) is 12.4 Å². The van der Waals surface area contributed by atoms with Crippen LogP contribution in [0.25, 0.3) is 0 Å². The summed E-state index contributed by atoms with van der Waals surface area (Å²) in [5.41, 5.74) is 0.943. The number of ether oxygens (including phenoxy) is 1. The summed E-state index contributed by atoms with van der Waals surface area (Å²) in [5.74, 6) is -0.349. The molecule has 0 atom stereocenters. The van der Waals surface area contributed by atoms with Crippen molar-refractivity contribution < 1.29 is 14.3 Å². The molecule has 0 bridgehead atoms. The fraction of sp³-hybridized carbons (Fsp3) is 0.467. The number of halogens is 2. The van der Waals surface area contributed by atoms with Crippen LogP contribution in [-0.2, 0) is 9.53 Å². The molecular formula is C15H23Cl2N3O3. The van der Waals surface area contributed by atoms with Gasteiger partial charge in [-0.1, -0.05) is 11.6 Å². The van der Waals surface area contributed by atoms with E-state index < -0.39 is 0 Å². The number of rotatable bonds is 9. The molecule has 0 radical (unpaired) electrons. The Balaban J connectivity index is 0.00000484. The maximum Gasteiger partial charge on any atom is 0.252 e. The van der Waals surface area contributed by atoms with Gasteiger partial charge in [0, 0.05) is 25.8 Å². The first-order valence-corrected chi connectivity index (χ1v) is 7.47. The highest BCUT2D eigenvalue weighted by molar-refractivity contribution is 6.34. The molecule has 1 rings (SSSR count). The van der Waals surface area contributed by atoms with Gasteiger partial charge in [-0.05, 0) is 38.2 Å². The topological polar surface area (TPSA) is 79.5 Å². The minimum Gasteiger partial charge on any atom is -0.383 e. The maximum atomic E-state index is 11.9. The average molecular weight is 364 g/mol. The van der Waals surface area contributed by atoms with E-state index in [4.69, 9.17) is 16.3 Å². The Labute approximate surface area is 147 Å². The molecule has 0 aromatic heterocycles. The van der Waals surface area contributed by atoms with Crippen molar-refractivity contribution in [2.75, 3.05) is 39.2 Å². The van der Waals surface area contributed by atoms with Gasteiger partial charge in [0.05, 0.1) is 17.2 Å². The number of hydrogen-bond donors (Lipinski definition) is 3. The van der Waals surface area contributed by atoms with Crippen LogP contribution in [-0.4, -0.2) is 45.7 Å². The molecule has 1 aromatic carbocycles. The van der Waals surface area contributed by atoms with Crippen molar-refractivity contribution in [3.8, 4) is 0 Å². The molecular weight excluding hydrogens is 341 g/mol. The zero-order valence-corrected chi connectivity index (χ0v) is 14.9. The van der Waals surface area contributed by atoms with Gasteiger partial charge < -0.3 is 20.7 Å². The molecule has 0 aliphatic rings. The molecule has 0 heterocycles. The van der Waals surface area contributed by atoms with Crippen molar-refractivity contribution in [1.82, 2.24) is 10.6 Å². The van der Waals surface area contributed by atoms with Crippen LogP contribution in [0.4, 0.5) is 5.69 Å². The minimum absolute atomic E-state index is 0. The lowest BCUT2D eigenvalue weighted by molar-refractivity contribution is -0.116. The highest BCUT2D eigenvalue weighted by Gasteiger charge is 2.11. The molecule has 0 aliphatic carbocycles. The molecule has 8 heteroatoms. The molecule has 0 aliphatic heterocycles. The Bertz CT molecular complexity index is 513. The van der Waals surface area contributed by atoms with Crippen molar-refractivity contribution in [1.29, 1.82) is 0 Å². The number of amides is 2. The van der Waals surface area contributed by atoms with Crippen molar-refractivity contribution >= 4 is 41.5 Å². The summed E-state index contributed by atoms with van der Waals surface area (Å²) in [6.07, 6.45) is 1.19. The Morgan fingerprint density at radius 2 is 2.00 bits per heavy atom. The molecule has 2 amide bonds. The van der Waals surface area contributed by atoms with Crippen LogP contribution in [0, 0.1) is 0 Å². The van der Waals surface area contributed by atoms with Gasteiger partial charge in [0.15, 0.2) is 0 Å². The van der Waals surface area contributed by atoms with Gasteiger partial charge in [-0.25, -0.2) is 0 Å². The minimum atomic E-state index is -0.269. The van der Waals surface area contributed by atoms with Crippen LogP contribution in [0.2, 0.25) is 5.02 Å². The average Bonchev–Trinajstić information content (AvgIpc) is 2.47. The SMILES string of the molecule is CNCCCC(=O)Nc1ccc(C(=O)NCCOC)c(Cl)c1.Cl. The van der Waals surface area contributed by atoms with Crippen LogP contribution in [0.5, 0.6) is 0 Å². The fourth-order valence-electron chi connectivity index (χ4n) is 1.79. The zero-order valence-electron chi connectivity index (χ0n) is 13.3. The summed E-state index contributed by atoms with van der Waals surface area (Å²) < 4.78 is 4.86. The smallest absolute Gasteiger partial charge is 0.252 e. The molecule has 0 unspecified atom stereocenters. The number of carbonyl (C=O) groups excluding carboxylic acids is 2. The summed E-state index contributed by atoms with van der Waals surface area (Å²) in [7, 11) is 3.40. The largest absolute Gasteiger partial charge is 0.383 e. The molecule has 0 saturated heterocycles. The van der Waals surface area contributed by atoms with Crippen LogP contribution in [0.15, 0.2) is 18.2 Å². The van der Waals surface area contributed by atoms with Gasteiger partial charge in [0.2, 0.25) is 5.91 Å². The molecule has 130 valence electrons. The van der Waals surface area contributed by atoms with Gasteiger partial charge in [-0.3, -0.25) is 9.59 Å². The first-order chi connectivity index (χ1) is 10.6. The van der Waals surface area contributed by atoms with E-state index >= 15 is 0 Å². The van der Waals surface area contributed by atoms with Gasteiger partial charge in [0.25, 0.3) is 5.91 Å². The lowest BCUT2D eigenvalue weighted by Crippen LogP contribution is -2.27. The summed E-state index contributed by atoms with van der Waals surface area (Å²) in [4.78, 5) is 23.6. The van der Waals surface area contributed by atoms with Crippen LogP contribution in [0.3, 0.4) is 0 Å². The fourth-order valence-corrected chi connectivity index (χ4v) is 2.05. The zero-order chi connectivity index (χ0) is 16.4. The van der Waals surface area contributed by atoms with Crippen LogP contribution >= 0.6 is 24.0 Å². The van der Waals surface area contributed by atoms with E-state index in [1.54, 1.807) is 25.3 Å². The molecule has 3 N–H and O–H groups in total. The number of methoxy groups -OCH3 is 1. The van der Waals surface area contributed by atoms with E-state index in [-0.39, 0.29) is 24.2 Å². The Morgan fingerprint density at radius 1 is 1.26 bits per heavy atom. The van der Waals surface area contributed by atoms with E-state index in [0.29, 0.717) is 35.8 Å². The second-order valence-corrected chi connectivity index (χ2v) is 5.11. The van der Waals surface area contributed by atoms with Crippen molar-refractivity contribution in [3.05, 3.63) is 28.8 Å². The summed E-state index contributed by atoms with van der Waals surface area (Å²) >= 11 is 6.09. The Morgan fingerprint density at radius 3 is 2.61 bits per heavy atom. The van der Waals surface area contributed by atoms with E-state index in [1.807, 2.05) is 7.05 Å². The molecule has 0 spiro atoms. The number of hydrogen-bond acceptors (Lipinski definition) is 4. The van der Waals surface area contributed by atoms with E-state index in [0.717, 1.165) is 13.0 Å². The monoisotopic (exact) mass is 363 g/mol. The predicted octanol–water partition coefficient (Wildman–Crippen LogP) is 2.08. The molecule has 0 saturated carbocycles. The number of nitrogens with one attached hydrogen (secondary N) is 3.